The van der Waals surface area contributed by atoms with E-state index >= 15 is 0 Å². The van der Waals surface area contributed by atoms with Crippen LogP contribution in [0.1, 0.15) is 20.3 Å². The van der Waals surface area contributed by atoms with Crippen LogP contribution in [0.5, 0.6) is 0 Å². The lowest BCUT2D eigenvalue weighted by atomic mass is 10.1. The van der Waals surface area contributed by atoms with Crippen molar-refractivity contribution < 1.29 is 14.7 Å². The summed E-state index contributed by atoms with van der Waals surface area (Å²) in [6.07, 6.45) is 0.300. The normalized spacial score (nSPS) is 13.4. The lowest BCUT2D eigenvalue weighted by Crippen LogP contribution is -2.47. The Balaban J connectivity index is 4.31. The molecule has 6 heteroatoms. The Labute approximate surface area is 94.3 Å². The first-order valence-corrected chi connectivity index (χ1v) is 5.24. The van der Waals surface area contributed by atoms with E-state index in [9.17, 15) is 9.59 Å². The Morgan fingerprint density at radius 2 is 2.00 bits per heavy atom. The number of rotatable bonds is 5. The van der Waals surface area contributed by atoms with Crippen LogP contribution in [0.3, 0.4) is 0 Å². The van der Waals surface area contributed by atoms with Crippen LogP contribution in [0.4, 0.5) is 0 Å². The van der Waals surface area contributed by atoms with Crippen LogP contribution in [0.25, 0.3) is 0 Å². The molecule has 2 N–H and O–H groups in total. The summed E-state index contributed by atoms with van der Waals surface area (Å²) in [6.45, 7) is 3.20. The highest BCUT2D eigenvalue weighted by Crippen LogP contribution is 2.12. The Morgan fingerprint density at radius 1 is 1.50 bits per heavy atom. The van der Waals surface area contributed by atoms with Gasteiger partial charge < -0.3 is 10.4 Å². The van der Waals surface area contributed by atoms with Gasteiger partial charge in [-0.15, -0.1) is 0 Å². The molecule has 0 rings (SSSR count). The van der Waals surface area contributed by atoms with Gasteiger partial charge in [0.25, 0.3) is 0 Å². The lowest BCUT2D eigenvalue weighted by Gasteiger charge is -2.20. The Hall–Kier alpha value is -0.360. The van der Waals surface area contributed by atoms with Crippen molar-refractivity contribution in [1.29, 1.82) is 0 Å². The first kappa shape index (κ1) is 13.6. The number of nitrogens with one attached hydrogen (secondary N) is 1. The third kappa shape index (κ3) is 4.76. The van der Waals surface area contributed by atoms with Crippen molar-refractivity contribution >= 4 is 37.1 Å². The molecule has 0 aliphatic carbocycles. The number of thiol groups is 2. The predicted molar refractivity (Wildman–Crippen MR) is 61.1 cm³/mol. The molecule has 0 aromatic heterocycles. The Morgan fingerprint density at radius 3 is 2.29 bits per heavy atom. The van der Waals surface area contributed by atoms with Crippen LogP contribution in [0, 0.1) is 0 Å². The number of hydrogen-bond donors (Lipinski definition) is 4. The number of hydrogen-bond acceptors (Lipinski definition) is 4. The molecule has 82 valence electrons. The fourth-order valence-corrected chi connectivity index (χ4v) is 1.04. The molecule has 0 aromatic rings. The minimum absolute atomic E-state index is 0.300. The highest BCUT2D eigenvalue weighted by molar-refractivity contribution is 7.82. The van der Waals surface area contributed by atoms with Crippen LogP contribution in [0.2, 0.25) is 0 Å². The zero-order valence-electron chi connectivity index (χ0n) is 8.15. The van der Waals surface area contributed by atoms with E-state index in [1.165, 1.54) is 0 Å². The highest BCUT2D eigenvalue weighted by atomic mass is 32.1. The van der Waals surface area contributed by atoms with Crippen molar-refractivity contribution in [2.24, 2.45) is 0 Å². The Kier molecular flexibility index (Phi) is 5.36. The maximum Gasteiger partial charge on any atom is 0.326 e. The molecular formula is C8H15NO3S2. The predicted octanol–water partition coefficient (Wildman–Crippen LogP) is 0.584. The van der Waals surface area contributed by atoms with Crippen LogP contribution in [-0.2, 0) is 9.59 Å². The topological polar surface area (TPSA) is 66.4 Å². The summed E-state index contributed by atoms with van der Waals surface area (Å²) >= 11 is 7.95. The fourth-order valence-electron chi connectivity index (χ4n) is 0.721. The van der Waals surface area contributed by atoms with Gasteiger partial charge in [-0.3, -0.25) is 4.79 Å². The standard InChI is InChI=1S/C8H15NO3S2/c1-8(2,14)7(12)9-5(3-4-13)6(10)11/h5,13-14H,3-4H2,1-2H3,(H,9,12)(H,10,11)/t5-/m0/s1. The molecule has 4 nitrogen and oxygen atoms in total. The first-order chi connectivity index (χ1) is 6.29. The van der Waals surface area contributed by atoms with Gasteiger partial charge in [0.1, 0.15) is 6.04 Å². The van der Waals surface area contributed by atoms with Crippen molar-refractivity contribution in [3.8, 4) is 0 Å². The second kappa shape index (κ2) is 5.50. The monoisotopic (exact) mass is 237 g/mol. The molecule has 0 unspecified atom stereocenters. The van der Waals surface area contributed by atoms with Crippen molar-refractivity contribution in [3.05, 3.63) is 0 Å². The van der Waals surface area contributed by atoms with Gasteiger partial charge in [-0.25, -0.2) is 4.79 Å². The molecular weight excluding hydrogens is 222 g/mol. The zero-order valence-corrected chi connectivity index (χ0v) is 9.94. The second-order valence-corrected chi connectivity index (χ2v) is 5.00. The molecule has 0 bridgehead atoms. The number of carboxylic acids is 1. The minimum Gasteiger partial charge on any atom is -0.480 e. The van der Waals surface area contributed by atoms with Crippen LogP contribution < -0.4 is 5.32 Å². The molecule has 0 saturated carbocycles. The van der Waals surface area contributed by atoms with Gasteiger partial charge in [0, 0.05) is 0 Å². The summed E-state index contributed by atoms with van der Waals surface area (Å²) in [6, 6.07) is -0.883. The van der Waals surface area contributed by atoms with Crippen molar-refractivity contribution in [1.82, 2.24) is 5.32 Å². The van der Waals surface area contributed by atoms with E-state index in [0.717, 1.165) is 0 Å². The minimum atomic E-state index is -1.05. The van der Waals surface area contributed by atoms with Crippen molar-refractivity contribution in [2.75, 3.05) is 5.75 Å². The van der Waals surface area contributed by atoms with Crippen LogP contribution in [0.15, 0.2) is 0 Å². The molecule has 0 fully saturated rings. The molecule has 1 amide bonds. The third-order valence-electron chi connectivity index (χ3n) is 1.58. The molecule has 14 heavy (non-hydrogen) atoms. The number of amides is 1. The largest absolute Gasteiger partial charge is 0.480 e. The number of carbonyl (C=O) groups is 2. The van der Waals surface area contributed by atoms with Crippen molar-refractivity contribution in [3.63, 3.8) is 0 Å². The van der Waals surface area contributed by atoms with E-state index in [-0.39, 0.29) is 0 Å². The average molecular weight is 237 g/mol. The fraction of sp³-hybridized carbons (Fsp3) is 0.750. The number of carbonyl (C=O) groups excluding carboxylic acids is 1. The number of carboxylic acid groups (broad SMARTS) is 1. The SMILES string of the molecule is CC(C)(S)C(=O)N[C@@H](CCS)C(=O)O. The lowest BCUT2D eigenvalue weighted by molar-refractivity contribution is -0.142. The first-order valence-electron chi connectivity index (χ1n) is 4.16. The van der Waals surface area contributed by atoms with E-state index in [4.69, 9.17) is 5.11 Å². The average Bonchev–Trinajstić information content (AvgIpc) is 2.01. The highest BCUT2D eigenvalue weighted by Gasteiger charge is 2.27. The van der Waals surface area contributed by atoms with Gasteiger partial charge in [0.2, 0.25) is 5.91 Å². The summed E-state index contributed by atoms with van der Waals surface area (Å²) in [5.41, 5.74) is 0. The van der Waals surface area contributed by atoms with Crippen LogP contribution >= 0.6 is 25.3 Å². The molecule has 0 spiro atoms. The molecule has 0 saturated heterocycles. The van der Waals surface area contributed by atoms with Crippen molar-refractivity contribution in [2.45, 2.75) is 31.1 Å². The van der Waals surface area contributed by atoms with E-state index in [0.29, 0.717) is 12.2 Å². The summed E-state index contributed by atoms with van der Waals surface area (Å²) < 4.78 is -0.871. The molecule has 0 heterocycles. The van der Waals surface area contributed by atoms with E-state index in [1.807, 2.05) is 0 Å². The smallest absolute Gasteiger partial charge is 0.326 e. The zero-order chi connectivity index (χ0) is 11.4. The summed E-state index contributed by atoms with van der Waals surface area (Å²) in [7, 11) is 0. The summed E-state index contributed by atoms with van der Waals surface area (Å²) in [5, 5.41) is 11.1. The maximum atomic E-state index is 11.4. The third-order valence-corrected chi connectivity index (χ3v) is 2.04. The Bertz CT molecular complexity index is 225. The molecule has 0 aromatic carbocycles. The molecule has 0 aliphatic heterocycles. The van der Waals surface area contributed by atoms with Gasteiger partial charge >= 0.3 is 5.97 Å². The van der Waals surface area contributed by atoms with Gasteiger partial charge in [0.05, 0.1) is 4.75 Å². The van der Waals surface area contributed by atoms with E-state index in [1.54, 1.807) is 13.8 Å². The van der Waals surface area contributed by atoms with E-state index < -0.39 is 22.7 Å². The molecule has 0 aliphatic rings. The molecule has 0 radical (unpaired) electrons. The van der Waals surface area contributed by atoms with E-state index in [2.05, 4.69) is 30.6 Å². The quantitative estimate of drug-likeness (QED) is 0.529. The van der Waals surface area contributed by atoms with Gasteiger partial charge in [0.15, 0.2) is 0 Å². The summed E-state index contributed by atoms with van der Waals surface area (Å²) in [4.78, 5) is 22.1. The van der Waals surface area contributed by atoms with Gasteiger partial charge in [-0.1, -0.05) is 0 Å². The van der Waals surface area contributed by atoms with Gasteiger partial charge in [-0.2, -0.15) is 25.3 Å². The summed E-state index contributed by atoms with van der Waals surface area (Å²) in [5.74, 6) is -1.04. The molecule has 1 atom stereocenters. The van der Waals surface area contributed by atoms with Crippen LogP contribution in [-0.4, -0.2) is 33.5 Å². The second-order valence-electron chi connectivity index (χ2n) is 3.44. The van der Waals surface area contributed by atoms with Gasteiger partial charge in [-0.05, 0) is 26.0 Å². The maximum absolute atomic E-state index is 11.4. The number of aliphatic carboxylic acids is 1.